The van der Waals surface area contributed by atoms with Crippen LogP contribution in [0.1, 0.15) is 32.1 Å². The first kappa shape index (κ1) is 31.6. The van der Waals surface area contributed by atoms with E-state index in [-0.39, 0.29) is 29.5 Å². The van der Waals surface area contributed by atoms with Crippen LogP contribution in [-0.2, 0) is 14.3 Å². The molecule has 12 nitrogen and oxygen atoms in total. The van der Waals surface area contributed by atoms with Crippen LogP contribution >= 0.6 is 0 Å². The van der Waals surface area contributed by atoms with Gasteiger partial charge in [-0.3, -0.25) is 14.8 Å². The highest BCUT2D eigenvalue weighted by Gasteiger charge is 2.25. The molecule has 1 saturated heterocycles. The van der Waals surface area contributed by atoms with Crippen molar-refractivity contribution >= 4 is 40.6 Å². The largest absolute Gasteiger partial charge is 0.491 e. The van der Waals surface area contributed by atoms with E-state index in [9.17, 15) is 14.0 Å². The Labute approximate surface area is 250 Å². The molecular formula is C30H38FN7O5. The van der Waals surface area contributed by atoms with Gasteiger partial charge in [0.05, 0.1) is 12.8 Å². The SMILES string of the molecule is COCCOc1ccc(Nc2ncc(F)c(Nc3cccc(NC(=O)C4CCN(CCCCC(=O)NO)CC4)c3)n2)cc1. The van der Waals surface area contributed by atoms with Crippen LogP contribution in [-0.4, -0.2) is 71.8 Å². The normalized spacial score (nSPS) is 13.7. The molecule has 2 aromatic carbocycles. The maximum Gasteiger partial charge on any atom is 0.243 e. The number of hydroxylamine groups is 1. The maximum absolute atomic E-state index is 14.6. The highest BCUT2D eigenvalue weighted by atomic mass is 19.1. The van der Waals surface area contributed by atoms with Gasteiger partial charge in [0.15, 0.2) is 11.6 Å². The number of likely N-dealkylation sites (tertiary alicyclic amines) is 1. The molecule has 2 heterocycles. The van der Waals surface area contributed by atoms with Gasteiger partial charge in [-0.1, -0.05) is 6.07 Å². The summed E-state index contributed by atoms with van der Waals surface area (Å²) < 4.78 is 25.1. The molecule has 0 bridgehead atoms. The molecule has 1 aliphatic rings. The van der Waals surface area contributed by atoms with Crippen LogP contribution in [0, 0.1) is 11.7 Å². The van der Waals surface area contributed by atoms with Gasteiger partial charge in [-0.05, 0) is 87.8 Å². The minimum absolute atomic E-state index is 0.00939. The summed E-state index contributed by atoms with van der Waals surface area (Å²) in [7, 11) is 1.61. The van der Waals surface area contributed by atoms with Gasteiger partial charge in [0, 0.05) is 36.5 Å². The number of rotatable bonds is 15. The molecule has 3 aromatic rings. The molecule has 0 aliphatic carbocycles. The predicted molar refractivity (Wildman–Crippen MR) is 160 cm³/mol. The molecule has 43 heavy (non-hydrogen) atoms. The zero-order chi connectivity index (χ0) is 30.4. The topological polar surface area (TPSA) is 150 Å². The fraction of sp³-hybridized carbons (Fsp3) is 0.400. The van der Waals surface area contributed by atoms with Crippen molar-refractivity contribution < 1.29 is 28.7 Å². The van der Waals surface area contributed by atoms with Gasteiger partial charge in [-0.15, -0.1) is 0 Å². The lowest BCUT2D eigenvalue weighted by molar-refractivity contribution is -0.129. The van der Waals surface area contributed by atoms with Crippen LogP contribution in [0.2, 0.25) is 0 Å². The number of hydrogen-bond acceptors (Lipinski definition) is 10. The molecule has 0 atom stereocenters. The number of nitrogens with zero attached hydrogens (tertiary/aromatic N) is 3. The predicted octanol–water partition coefficient (Wildman–Crippen LogP) is 4.45. The quantitative estimate of drug-likeness (QED) is 0.0969. The monoisotopic (exact) mass is 595 g/mol. The number of nitrogens with one attached hydrogen (secondary N) is 4. The first-order chi connectivity index (χ1) is 20.9. The molecule has 5 N–H and O–H groups in total. The molecule has 1 aromatic heterocycles. The van der Waals surface area contributed by atoms with Crippen molar-refractivity contribution in [2.75, 3.05) is 55.9 Å². The Kier molecular flexibility index (Phi) is 12.0. The zero-order valence-corrected chi connectivity index (χ0v) is 24.1. The number of unbranched alkanes of at least 4 members (excludes halogenated alkanes) is 1. The Morgan fingerprint density at radius 1 is 1.02 bits per heavy atom. The Morgan fingerprint density at radius 3 is 2.53 bits per heavy atom. The molecule has 13 heteroatoms. The van der Waals surface area contributed by atoms with Crippen molar-refractivity contribution in [2.45, 2.75) is 32.1 Å². The second-order valence-corrected chi connectivity index (χ2v) is 10.2. The van der Waals surface area contributed by atoms with Crippen LogP contribution in [0.4, 0.5) is 33.2 Å². The molecular weight excluding hydrogens is 557 g/mol. The summed E-state index contributed by atoms with van der Waals surface area (Å²) in [4.78, 5) is 34.7. The first-order valence-corrected chi connectivity index (χ1v) is 14.3. The lowest BCUT2D eigenvalue weighted by Gasteiger charge is -2.31. The molecule has 4 rings (SSSR count). The molecule has 230 valence electrons. The Hall–Kier alpha value is -4.33. The van der Waals surface area contributed by atoms with Crippen LogP contribution in [0.5, 0.6) is 5.75 Å². The average molecular weight is 596 g/mol. The van der Waals surface area contributed by atoms with Crippen LogP contribution < -0.4 is 26.2 Å². The lowest BCUT2D eigenvalue weighted by Crippen LogP contribution is -2.38. The van der Waals surface area contributed by atoms with Gasteiger partial charge >= 0.3 is 0 Å². The number of carbonyl (C=O) groups excluding carboxylic acids is 2. The van der Waals surface area contributed by atoms with Crippen molar-refractivity contribution in [3.63, 3.8) is 0 Å². The molecule has 1 fully saturated rings. The van der Waals surface area contributed by atoms with Crippen LogP contribution in [0.3, 0.4) is 0 Å². The zero-order valence-electron chi connectivity index (χ0n) is 24.1. The first-order valence-electron chi connectivity index (χ1n) is 14.3. The number of anilines is 5. The third kappa shape index (κ3) is 10.2. The number of benzene rings is 2. The minimum Gasteiger partial charge on any atom is -0.491 e. The molecule has 0 unspecified atom stereocenters. The summed E-state index contributed by atoms with van der Waals surface area (Å²) in [5.74, 6) is -0.250. The van der Waals surface area contributed by atoms with E-state index in [4.69, 9.17) is 14.7 Å². The summed E-state index contributed by atoms with van der Waals surface area (Å²) >= 11 is 0. The number of carbonyl (C=O) groups is 2. The fourth-order valence-electron chi connectivity index (χ4n) is 4.67. The van der Waals surface area contributed by atoms with Gasteiger partial charge in [0.25, 0.3) is 0 Å². The maximum atomic E-state index is 14.6. The smallest absolute Gasteiger partial charge is 0.243 e. The molecule has 2 amide bonds. The second-order valence-electron chi connectivity index (χ2n) is 10.2. The van der Waals surface area contributed by atoms with Gasteiger partial charge < -0.3 is 30.3 Å². The van der Waals surface area contributed by atoms with E-state index in [1.807, 2.05) is 0 Å². The highest BCUT2D eigenvalue weighted by molar-refractivity contribution is 5.93. The Bertz CT molecular complexity index is 1340. The van der Waals surface area contributed by atoms with Crippen molar-refractivity contribution in [3.05, 3.63) is 60.5 Å². The summed E-state index contributed by atoms with van der Waals surface area (Å²) in [6, 6.07) is 14.3. The number of aromatic nitrogens is 2. The fourth-order valence-corrected chi connectivity index (χ4v) is 4.67. The van der Waals surface area contributed by atoms with Gasteiger partial charge in [0.2, 0.25) is 17.8 Å². The van der Waals surface area contributed by atoms with Gasteiger partial charge in [-0.2, -0.15) is 4.98 Å². The highest BCUT2D eigenvalue weighted by Crippen LogP contribution is 2.25. The minimum atomic E-state index is -0.620. The number of amides is 2. The Balaban J connectivity index is 1.27. The number of hydrogen-bond donors (Lipinski definition) is 5. The van der Waals surface area contributed by atoms with Crippen molar-refractivity contribution in [1.29, 1.82) is 0 Å². The molecule has 0 spiro atoms. The summed E-state index contributed by atoms with van der Waals surface area (Å²) in [6.45, 7) is 3.41. The van der Waals surface area contributed by atoms with Gasteiger partial charge in [0.1, 0.15) is 12.4 Å². The van der Waals surface area contributed by atoms with Gasteiger partial charge in [-0.25, -0.2) is 14.9 Å². The molecule has 0 radical (unpaired) electrons. The van der Waals surface area contributed by atoms with E-state index >= 15 is 0 Å². The molecule has 0 saturated carbocycles. The summed E-state index contributed by atoms with van der Waals surface area (Å²) in [5, 5.41) is 17.6. The van der Waals surface area contributed by atoms with Crippen LogP contribution in [0.25, 0.3) is 0 Å². The lowest BCUT2D eigenvalue weighted by atomic mass is 9.95. The summed E-state index contributed by atoms with van der Waals surface area (Å²) in [5.41, 5.74) is 3.51. The third-order valence-electron chi connectivity index (χ3n) is 7.01. The number of methoxy groups -OCH3 is 1. The van der Waals surface area contributed by atoms with Crippen LogP contribution in [0.15, 0.2) is 54.7 Å². The van der Waals surface area contributed by atoms with E-state index in [0.29, 0.717) is 48.9 Å². The standard InChI is InChI=1S/C30H38FN7O5/c1-42-17-18-43-25-10-8-22(9-11-25)35-30-32-20-26(31)28(36-30)33-23-5-4-6-24(19-23)34-29(40)21-12-15-38(16-13-21)14-3-2-7-27(39)37-41/h4-6,8-11,19-21,41H,2-3,7,12-18H2,1H3,(H,34,40)(H,37,39)(H2,32,33,35,36). The third-order valence-corrected chi connectivity index (χ3v) is 7.01. The van der Waals surface area contributed by atoms with Crippen molar-refractivity contribution in [1.82, 2.24) is 20.3 Å². The summed E-state index contributed by atoms with van der Waals surface area (Å²) in [6.07, 6.45) is 4.43. The van der Waals surface area contributed by atoms with E-state index < -0.39 is 5.82 Å². The van der Waals surface area contributed by atoms with E-state index in [1.165, 1.54) is 0 Å². The molecule has 1 aliphatic heterocycles. The second kappa shape index (κ2) is 16.3. The van der Waals surface area contributed by atoms with E-state index in [2.05, 4.69) is 30.8 Å². The number of halogens is 1. The van der Waals surface area contributed by atoms with E-state index in [1.54, 1.807) is 61.1 Å². The average Bonchev–Trinajstić information content (AvgIpc) is 3.02. The number of piperidine rings is 1. The van der Waals surface area contributed by atoms with E-state index in [0.717, 1.165) is 45.1 Å². The van der Waals surface area contributed by atoms with Crippen molar-refractivity contribution in [3.8, 4) is 5.75 Å². The van der Waals surface area contributed by atoms with Crippen molar-refractivity contribution in [2.24, 2.45) is 5.92 Å². The Morgan fingerprint density at radius 2 is 1.79 bits per heavy atom. The number of ether oxygens (including phenoxy) is 2.